The van der Waals surface area contributed by atoms with Gasteiger partial charge in [-0.15, -0.1) is 0 Å². The molecule has 0 radical (unpaired) electrons. The zero-order valence-electron chi connectivity index (χ0n) is 20.2. The van der Waals surface area contributed by atoms with Gasteiger partial charge in [0.25, 0.3) is 0 Å². The molecule has 3 heterocycles. The van der Waals surface area contributed by atoms with Crippen LogP contribution in [0.5, 0.6) is 0 Å². The number of hydrogen-bond acceptors (Lipinski definition) is 5. The first-order valence-electron chi connectivity index (χ1n) is 12.8. The lowest BCUT2D eigenvalue weighted by Gasteiger charge is -2.36. The van der Waals surface area contributed by atoms with Crippen molar-refractivity contribution in [3.05, 3.63) is 54.6 Å². The average molecular weight is 479 g/mol. The monoisotopic (exact) mass is 478 g/mol. The first kappa shape index (κ1) is 23.7. The van der Waals surface area contributed by atoms with Crippen LogP contribution in [0.4, 0.5) is 0 Å². The highest BCUT2D eigenvalue weighted by atomic mass is 16.5. The van der Waals surface area contributed by atoms with E-state index in [1.165, 1.54) is 11.3 Å². The molecule has 0 unspecified atom stereocenters. The molecule has 3 amide bonds. The minimum absolute atomic E-state index is 0.00258. The van der Waals surface area contributed by atoms with Crippen LogP contribution in [-0.2, 0) is 31.1 Å². The fourth-order valence-electron chi connectivity index (χ4n) is 5.55. The Labute approximate surface area is 206 Å². The van der Waals surface area contributed by atoms with Crippen molar-refractivity contribution in [3.8, 4) is 0 Å². The second kappa shape index (κ2) is 10.3. The number of hydrogen-bond donors (Lipinski definition) is 0. The summed E-state index contributed by atoms with van der Waals surface area (Å²) in [7, 11) is 0. The Bertz CT molecular complexity index is 1030. The maximum absolute atomic E-state index is 13.9. The molecular formula is C27H34N4O4. The van der Waals surface area contributed by atoms with Crippen molar-refractivity contribution in [2.24, 2.45) is 5.92 Å². The van der Waals surface area contributed by atoms with Crippen LogP contribution in [0.25, 0.3) is 0 Å². The molecule has 3 aliphatic rings. The van der Waals surface area contributed by atoms with E-state index in [2.05, 4.69) is 4.98 Å². The van der Waals surface area contributed by atoms with Gasteiger partial charge in [0.2, 0.25) is 17.7 Å². The topological polar surface area (TPSA) is 84.7 Å². The van der Waals surface area contributed by atoms with Crippen molar-refractivity contribution in [2.75, 3.05) is 26.2 Å². The minimum atomic E-state index is -1.17. The smallest absolute Gasteiger partial charge is 0.240 e. The Balaban J connectivity index is 1.38. The van der Waals surface area contributed by atoms with E-state index in [1.807, 2.05) is 46.0 Å². The third-order valence-corrected chi connectivity index (χ3v) is 7.83. The van der Waals surface area contributed by atoms with E-state index in [0.29, 0.717) is 25.6 Å². The molecule has 2 aromatic rings. The van der Waals surface area contributed by atoms with Crippen LogP contribution in [0.2, 0.25) is 0 Å². The summed E-state index contributed by atoms with van der Waals surface area (Å²) < 4.78 is 7.68. The van der Waals surface area contributed by atoms with Gasteiger partial charge in [-0.3, -0.25) is 19.3 Å². The number of ether oxygens (including phenoxy) is 1. The predicted molar refractivity (Wildman–Crippen MR) is 129 cm³/mol. The van der Waals surface area contributed by atoms with E-state index in [-0.39, 0.29) is 43.2 Å². The second-order valence-corrected chi connectivity index (χ2v) is 10.2. The number of imide groups is 1. The lowest BCUT2D eigenvalue weighted by Crippen LogP contribution is -2.47. The summed E-state index contributed by atoms with van der Waals surface area (Å²) in [6.07, 6.45) is 10.7. The zero-order valence-corrected chi connectivity index (χ0v) is 20.2. The van der Waals surface area contributed by atoms with Gasteiger partial charge in [0.1, 0.15) is 0 Å². The number of carbonyl (C=O) groups is 3. The summed E-state index contributed by atoms with van der Waals surface area (Å²) >= 11 is 0. The molecule has 1 aliphatic carbocycles. The molecule has 1 aromatic heterocycles. The van der Waals surface area contributed by atoms with E-state index in [9.17, 15) is 14.4 Å². The van der Waals surface area contributed by atoms with Crippen LogP contribution in [-0.4, -0.2) is 69.4 Å². The van der Waals surface area contributed by atoms with Gasteiger partial charge in [-0.25, -0.2) is 4.98 Å². The Hall–Kier alpha value is -3.00. The molecular weight excluding hydrogens is 444 g/mol. The van der Waals surface area contributed by atoms with E-state index < -0.39 is 5.41 Å². The number of carbonyl (C=O) groups excluding carboxylic acids is 3. The number of amides is 3. The number of aromatic nitrogens is 2. The highest BCUT2D eigenvalue weighted by Gasteiger charge is 2.54. The van der Waals surface area contributed by atoms with Crippen LogP contribution in [0.15, 0.2) is 49.1 Å². The summed E-state index contributed by atoms with van der Waals surface area (Å²) in [4.78, 5) is 48.1. The van der Waals surface area contributed by atoms with Crippen LogP contribution < -0.4 is 0 Å². The Kier molecular flexibility index (Phi) is 7.00. The lowest BCUT2D eigenvalue weighted by atomic mass is 9.75. The Morgan fingerprint density at radius 3 is 2.57 bits per heavy atom. The van der Waals surface area contributed by atoms with Crippen LogP contribution in [0.1, 0.15) is 50.5 Å². The van der Waals surface area contributed by atoms with Crippen LogP contribution >= 0.6 is 0 Å². The fraction of sp³-hybridized carbons (Fsp3) is 0.556. The molecule has 186 valence electrons. The first-order chi connectivity index (χ1) is 17.0. The zero-order chi connectivity index (χ0) is 24.3. The maximum Gasteiger partial charge on any atom is 0.240 e. The number of nitrogens with zero attached hydrogens (tertiary/aromatic N) is 4. The highest BCUT2D eigenvalue weighted by molar-refractivity contribution is 6.10. The normalized spacial score (nSPS) is 24.7. The van der Waals surface area contributed by atoms with Crippen molar-refractivity contribution in [3.63, 3.8) is 0 Å². The molecule has 2 atom stereocenters. The molecule has 35 heavy (non-hydrogen) atoms. The minimum Gasteiger partial charge on any atom is -0.376 e. The van der Waals surface area contributed by atoms with Crippen molar-refractivity contribution in [1.29, 1.82) is 0 Å². The first-order valence-corrected chi connectivity index (χ1v) is 12.8. The van der Waals surface area contributed by atoms with E-state index in [1.54, 1.807) is 12.5 Å². The molecule has 3 fully saturated rings. The van der Waals surface area contributed by atoms with Gasteiger partial charge >= 0.3 is 0 Å². The van der Waals surface area contributed by atoms with Crippen LogP contribution in [0, 0.1) is 5.92 Å². The molecule has 1 saturated carbocycles. The van der Waals surface area contributed by atoms with Gasteiger partial charge in [-0.2, -0.15) is 0 Å². The van der Waals surface area contributed by atoms with Gasteiger partial charge in [-0.1, -0.05) is 36.8 Å². The average Bonchev–Trinajstić information content (AvgIpc) is 3.58. The lowest BCUT2D eigenvalue weighted by molar-refractivity contribution is -0.143. The molecule has 2 aliphatic heterocycles. The molecule has 1 aromatic carbocycles. The van der Waals surface area contributed by atoms with Gasteiger partial charge in [0.15, 0.2) is 0 Å². The summed E-state index contributed by atoms with van der Waals surface area (Å²) in [6, 6.07) is 9.36. The quantitative estimate of drug-likeness (QED) is 0.491. The van der Waals surface area contributed by atoms with E-state index in [4.69, 9.17) is 4.74 Å². The standard InChI is InChI=1S/C27H34N4O4/c32-24(30(18-21-6-4-7-21)19-23-10-5-15-35-23)16-27(22-8-2-1-3-9-22)17-25(33)31(26(27)34)14-13-29-12-11-28-20-29/h1-3,8-9,11-12,20-21,23H,4-7,10,13-19H2/t23-,27-/m0/s1. The Morgan fingerprint density at radius 2 is 1.91 bits per heavy atom. The van der Waals surface area contributed by atoms with Crippen LogP contribution in [0.3, 0.4) is 0 Å². The van der Waals surface area contributed by atoms with Gasteiger partial charge in [0.05, 0.1) is 17.8 Å². The Morgan fingerprint density at radius 1 is 1.09 bits per heavy atom. The third kappa shape index (κ3) is 5.03. The van der Waals surface area contributed by atoms with Gasteiger partial charge in [0, 0.05) is 58.0 Å². The molecule has 0 N–H and O–H groups in total. The summed E-state index contributed by atoms with van der Waals surface area (Å²) in [5.74, 6) is -0.0474. The molecule has 0 bridgehead atoms. The largest absolute Gasteiger partial charge is 0.376 e. The molecule has 2 saturated heterocycles. The number of benzene rings is 1. The fourth-order valence-corrected chi connectivity index (χ4v) is 5.55. The van der Waals surface area contributed by atoms with Crippen molar-refractivity contribution in [2.45, 2.75) is 63.0 Å². The number of rotatable bonds is 10. The van der Waals surface area contributed by atoms with Gasteiger partial charge < -0.3 is 14.2 Å². The predicted octanol–water partition coefficient (Wildman–Crippen LogP) is 2.78. The summed E-state index contributed by atoms with van der Waals surface area (Å²) in [6.45, 7) is 2.74. The van der Waals surface area contributed by atoms with Crippen molar-refractivity contribution in [1.82, 2.24) is 19.4 Å². The number of imidazole rings is 1. The van der Waals surface area contributed by atoms with E-state index >= 15 is 0 Å². The van der Waals surface area contributed by atoms with Gasteiger partial charge in [-0.05, 0) is 37.2 Å². The second-order valence-electron chi connectivity index (χ2n) is 10.2. The molecule has 5 rings (SSSR count). The SMILES string of the molecule is O=C(C[C@@]1(c2ccccc2)CC(=O)N(CCn2ccnc2)C1=O)N(CC1CCC1)C[C@@H]1CCCO1. The van der Waals surface area contributed by atoms with Crippen molar-refractivity contribution < 1.29 is 19.1 Å². The summed E-state index contributed by atoms with van der Waals surface area (Å²) in [5.41, 5.74) is -0.434. The molecule has 8 heteroatoms. The van der Waals surface area contributed by atoms with E-state index in [0.717, 1.165) is 37.9 Å². The highest BCUT2D eigenvalue weighted by Crippen LogP contribution is 2.40. The van der Waals surface area contributed by atoms with Crippen molar-refractivity contribution >= 4 is 17.7 Å². The number of likely N-dealkylation sites (tertiary alicyclic amines) is 1. The summed E-state index contributed by atoms with van der Waals surface area (Å²) in [5, 5.41) is 0. The molecule has 0 spiro atoms. The third-order valence-electron chi connectivity index (χ3n) is 7.83. The maximum atomic E-state index is 13.9. The molecule has 8 nitrogen and oxygen atoms in total.